The summed E-state index contributed by atoms with van der Waals surface area (Å²) >= 11 is 1.92. The first-order valence-corrected chi connectivity index (χ1v) is 25.1. The second kappa shape index (κ2) is 14.0. The van der Waals surface area contributed by atoms with Gasteiger partial charge >= 0.3 is 0 Å². The summed E-state index contributed by atoms with van der Waals surface area (Å²) in [5, 5.41) is 12.8. The Morgan fingerprint density at radius 1 is 0.338 bits per heavy atom. The number of hydrogen-bond donors (Lipinski definition) is 0. The highest BCUT2D eigenvalue weighted by molar-refractivity contribution is 7.31. The van der Waals surface area contributed by atoms with Gasteiger partial charge in [0, 0.05) is 59.0 Å². The molecule has 1 aliphatic rings. The number of benzene rings is 10. The molecular formula is C60H38N2OSSi. The fourth-order valence-electron chi connectivity index (χ4n) is 11.3. The van der Waals surface area contributed by atoms with E-state index in [1.54, 1.807) is 0 Å². The average Bonchev–Trinajstić information content (AvgIpc) is 4.04. The van der Waals surface area contributed by atoms with E-state index in [1.807, 2.05) is 11.3 Å². The maximum atomic E-state index is 7.25. The third-order valence-electron chi connectivity index (χ3n) is 13.9. The summed E-state index contributed by atoms with van der Waals surface area (Å²) in [6, 6.07) is 85.3. The molecule has 3 nitrogen and oxygen atoms in total. The van der Waals surface area contributed by atoms with Gasteiger partial charge in [-0.2, -0.15) is 0 Å². The minimum atomic E-state index is -3.29. The normalized spacial score (nSPS) is 14.6. The molecule has 1 atom stereocenters. The Labute approximate surface area is 380 Å². The number of para-hydroxylation sites is 6. The Morgan fingerprint density at radius 2 is 0.831 bits per heavy atom. The number of rotatable bonds is 5. The van der Waals surface area contributed by atoms with Gasteiger partial charge in [0.1, 0.15) is 11.5 Å². The first-order valence-electron chi connectivity index (χ1n) is 22.3. The largest absolute Gasteiger partial charge is 0.457 e. The fraction of sp³-hybridized carbons (Fsp3) is 0. The molecule has 5 heteroatoms. The standard InChI is InChI=1S/C60H38N2OSSi/c1-8-26-48-40(18-1)41-19-2-9-27-49(41)61(48)39-36-37-58-54(38-39)63-53-31-13-16-34-57(53)65(58,59-35-17-25-47-45-23-6-14-32-55(45)64-60(47)59)56-33-15-7-24-46(56)44-22-5-12-30-52(44)62-50-28-10-3-20-42(50)43-21-4-11-29-51(43)62/h1-38H. The Balaban J connectivity index is 1.11. The monoisotopic (exact) mass is 862 g/mol. The number of hydrogen-bond acceptors (Lipinski definition) is 2. The van der Waals surface area contributed by atoms with Crippen molar-refractivity contribution in [1.29, 1.82) is 0 Å². The maximum Gasteiger partial charge on any atom is 0.190 e. The van der Waals surface area contributed by atoms with Gasteiger partial charge in [-0.3, -0.25) is 0 Å². The van der Waals surface area contributed by atoms with Gasteiger partial charge in [0.15, 0.2) is 8.07 Å². The van der Waals surface area contributed by atoms with Crippen LogP contribution < -0.4 is 25.5 Å². The van der Waals surface area contributed by atoms with Crippen molar-refractivity contribution < 1.29 is 4.74 Å². The van der Waals surface area contributed by atoms with Crippen molar-refractivity contribution in [3.8, 4) is 34.0 Å². The molecule has 0 amide bonds. The number of aromatic nitrogens is 2. The summed E-state index contributed by atoms with van der Waals surface area (Å²) in [5.74, 6) is 1.81. The van der Waals surface area contributed by atoms with Crippen LogP contribution in [0.5, 0.6) is 11.5 Å². The lowest BCUT2D eigenvalue weighted by atomic mass is 10.0. The quantitative estimate of drug-likeness (QED) is 0.158. The Morgan fingerprint density at radius 3 is 1.52 bits per heavy atom. The summed E-state index contributed by atoms with van der Waals surface area (Å²) in [6.45, 7) is 0. The van der Waals surface area contributed by atoms with Gasteiger partial charge in [0.25, 0.3) is 0 Å². The number of thiophene rings is 1. The minimum absolute atomic E-state index is 0.901. The van der Waals surface area contributed by atoms with Crippen molar-refractivity contribution in [2.45, 2.75) is 0 Å². The van der Waals surface area contributed by atoms with E-state index >= 15 is 0 Å². The number of fused-ring (bicyclic) bond motifs is 11. The zero-order valence-electron chi connectivity index (χ0n) is 35.2. The van der Waals surface area contributed by atoms with Gasteiger partial charge in [-0.15, -0.1) is 11.3 Å². The van der Waals surface area contributed by atoms with Gasteiger partial charge in [0.05, 0.1) is 27.8 Å². The van der Waals surface area contributed by atoms with Crippen molar-refractivity contribution in [1.82, 2.24) is 9.13 Å². The summed E-state index contributed by atoms with van der Waals surface area (Å²) in [4.78, 5) is 0. The van der Waals surface area contributed by atoms with E-state index in [4.69, 9.17) is 4.74 Å². The molecule has 304 valence electrons. The minimum Gasteiger partial charge on any atom is -0.457 e. The summed E-state index contributed by atoms with van der Waals surface area (Å²) < 4.78 is 14.8. The molecular weight excluding hydrogens is 825 g/mol. The SMILES string of the molecule is c1ccc2c(c1)Oc1cc(-n3c4ccccc4c4ccccc43)ccc1[Si]2(c1ccccc1-c1ccccc1-n1c2ccccc2c2ccccc21)c1cccc2c1sc1ccccc12. The van der Waals surface area contributed by atoms with E-state index in [0.29, 0.717) is 0 Å². The van der Waals surface area contributed by atoms with Crippen LogP contribution in [0, 0.1) is 0 Å². The van der Waals surface area contributed by atoms with Crippen molar-refractivity contribution in [2.75, 3.05) is 0 Å². The molecule has 13 aromatic rings. The predicted molar refractivity (Wildman–Crippen MR) is 277 cm³/mol. The van der Waals surface area contributed by atoms with E-state index in [-0.39, 0.29) is 0 Å². The third kappa shape index (κ3) is 5.10. The van der Waals surface area contributed by atoms with Crippen LogP contribution in [0.15, 0.2) is 231 Å². The molecule has 0 saturated carbocycles. The Hall–Kier alpha value is -7.96. The van der Waals surface area contributed by atoms with E-state index in [1.165, 1.54) is 95.7 Å². The zero-order valence-corrected chi connectivity index (χ0v) is 37.0. The van der Waals surface area contributed by atoms with Gasteiger partial charge < -0.3 is 13.9 Å². The molecule has 14 rings (SSSR count). The summed E-state index contributed by atoms with van der Waals surface area (Å²) in [7, 11) is -3.29. The van der Waals surface area contributed by atoms with Crippen LogP contribution in [0.4, 0.5) is 0 Å². The fourth-order valence-corrected chi connectivity index (χ4v) is 18.2. The van der Waals surface area contributed by atoms with E-state index in [0.717, 1.165) is 22.9 Å². The molecule has 3 aromatic heterocycles. The lowest BCUT2D eigenvalue weighted by molar-refractivity contribution is 0.487. The highest BCUT2D eigenvalue weighted by atomic mass is 32.1. The van der Waals surface area contributed by atoms with Crippen LogP contribution >= 0.6 is 11.3 Å². The van der Waals surface area contributed by atoms with Crippen LogP contribution in [-0.4, -0.2) is 17.2 Å². The first-order chi connectivity index (χ1) is 32.3. The van der Waals surface area contributed by atoms with Gasteiger partial charge in [-0.1, -0.05) is 176 Å². The smallest absolute Gasteiger partial charge is 0.190 e. The van der Waals surface area contributed by atoms with Crippen LogP contribution in [0.3, 0.4) is 0 Å². The van der Waals surface area contributed by atoms with Crippen molar-refractivity contribution in [3.05, 3.63) is 231 Å². The van der Waals surface area contributed by atoms with Crippen molar-refractivity contribution in [3.63, 3.8) is 0 Å². The molecule has 0 fully saturated rings. The van der Waals surface area contributed by atoms with Gasteiger partial charge in [-0.05, 0) is 74.8 Å². The first kappa shape index (κ1) is 36.5. The van der Waals surface area contributed by atoms with Crippen molar-refractivity contribution in [2.24, 2.45) is 0 Å². The van der Waals surface area contributed by atoms with Crippen LogP contribution in [0.25, 0.3) is 86.3 Å². The van der Waals surface area contributed by atoms with Crippen LogP contribution in [0.2, 0.25) is 0 Å². The van der Waals surface area contributed by atoms with Crippen molar-refractivity contribution >= 4 is 104 Å². The molecule has 0 bridgehead atoms. The lowest BCUT2D eigenvalue weighted by Gasteiger charge is -2.41. The molecule has 10 aromatic carbocycles. The molecule has 0 saturated heterocycles. The second-order valence-corrected chi connectivity index (χ2v) is 21.8. The lowest BCUT2D eigenvalue weighted by Crippen LogP contribution is -2.76. The number of ether oxygens (including phenoxy) is 1. The van der Waals surface area contributed by atoms with Crippen LogP contribution in [0.1, 0.15) is 0 Å². The molecule has 65 heavy (non-hydrogen) atoms. The molecule has 4 heterocycles. The Bertz CT molecular complexity index is 3970. The summed E-state index contributed by atoms with van der Waals surface area (Å²) in [5.41, 5.74) is 9.39. The Kier molecular flexibility index (Phi) is 7.87. The van der Waals surface area contributed by atoms with E-state index in [9.17, 15) is 0 Å². The third-order valence-corrected chi connectivity index (χ3v) is 20.2. The predicted octanol–water partition coefficient (Wildman–Crippen LogP) is 13.4. The van der Waals surface area contributed by atoms with Gasteiger partial charge in [0.2, 0.25) is 0 Å². The van der Waals surface area contributed by atoms with E-state index in [2.05, 4.69) is 240 Å². The molecule has 1 unspecified atom stereocenters. The van der Waals surface area contributed by atoms with Crippen LogP contribution in [-0.2, 0) is 0 Å². The van der Waals surface area contributed by atoms with Gasteiger partial charge in [-0.25, -0.2) is 0 Å². The maximum absolute atomic E-state index is 7.25. The highest BCUT2D eigenvalue weighted by Crippen LogP contribution is 2.41. The second-order valence-electron chi connectivity index (χ2n) is 17.1. The zero-order chi connectivity index (χ0) is 42.6. The average molecular weight is 863 g/mol. The topological polar surface area (TPSA) is 19.1 Å². The molecule has 0 radical (unpaired) electrons. The highest BCUT2D eigenvalue weighted by Gasteiger charge is 2.50. The molecule has 0 spiro atoms. The summed E-state index contributed by atoms with van der Waals surface area (Å²) in [6.07, 6.45) is 0. The molecule has 1 aliphatic heterocycles. The van der Waals surface area contributed by atoms with E-state index < -0.39 is 8.07 Å². The molecule has 0 aliphatic carbocycles. The molecule has 0 N–H and O–H groups in total. The number of nitrogens with zero attached hydrogens (tertiary/aromatic N) is 2.